The predicted molar refractivity (Wildman–Crippen MR) is 125 cm³/mol. The van der Waals surface area contributed by atoms with E-state index in [4.69, 9.17) is 4.74 Å². The molecule has 2 aromatic carbocycles. The number of amides is 1. The van der Waals surface area contributed by atoms with Crippen molar-refractivity contribution in [3.05, 3.63) is 59.2 Å². The largest absolute Gasteiger partial charge is 0.379 e. The number of carbonyl (C=O) groups is 1. The van der Waals surface area contributed by atoms with Crippen LogP contribution in [-0.4, -0.2) is 50.3 Å². The summed E-state index contributed by atoms with van der Waals surface area (Å²) < 4.78 is 31.6. The molecule has 2 fully saturated rings. The van der Waals surface area contributed by atoms with Crippen LogP contribution in [0.5, 0.6) is 0 Å². The fourth-order valence-electron chi connectivity index (χ4n) is 4.78. The highest BCUT2D eigenvalue weighted by Gasteiger charge is 2.53. The average Bonchev–Trinajstić information content (AvgIpc) is 3.28. The molecule has 7 heteroatoms. The molecule has 0 radical (unpaired) electrons. The van der Waals surface area contributed by atoms with Crippen LogP contribution in [0, 0.1) is 13.8 Å². The number of anilines is 1. The Balaban J connectivity index is 1.59. The second kappa shape index (κ2) is 9.33. The molecule has 0 unspecified atom stereocenters. The molecule has 0 aromatic heterocycles. The van der Waals surface area contributed by atoms with Crippen molar-refractivity contribution in [2.75, 3.05) is 31.6 Å². The first-order valence-electron chi connectivity index (χ1n) is 11.3. The summed E-state index contributed by atoms with van der Waals surface area (Å²) in [5.74, 6) is -0.417. The van der Waals surface area contributed by atoms with Gasteiger partial charge in [-0.05, 0) is 61.6 Å². The van der Waals surface area contributed by atoms with Crippen LogP contribution < -0.4 is 5.32 Å². The number of hydrogen-bond donors (Lipinski definition) is 1. The van der Waals surface area contributed by atoms with Gasteiger partial charge in [-0.2, -0.15) is 0 Å². The Kier molecular flexibility index (Phi) is 6.70. The van der Waals surface area contributed by atoms with Gasteiger partial charge in [0.2, 0.25) is 5.91 Å². The molecule has 1 heterocycles. The average molecular weight is 457 g/mol. The Morgan fingerprint density at radius 2 is 1.78 bits per heavy atom. The van der Waals surface area contributed by atoms with Crippen LogP contribution in [0.15, 0.2) is 47.4 Å². The molecule has 2 aromatic rings. The zero-order valence-corrected chi connectivity index (χ0v) is 19.7. The van der Waals surface area contributed by atoms with Crippen LogP contribution in [0.1, 0.15) is 42.4 Å². The van der Waals surface area contributed by atoms with Crippen molar-refractivity contribution in [2.45, 2.75) is 55.7 Å². The number of aryl methyl sites for hydroxylation is 2. The molecule has 1 N–H and O–H groups in total. The first-order chi connectivity index (χ1) is 15.3. The van der Waals surface area contributed by atoms with E-state index in [0.29, 0.717) is 24.1 Å². The minimum atomic E-state index is -3.84. The molecule has 172 valence electrons. The van der Waals surface area contributed by atoms with Crippen molar-refractivity contribution in [3.63, 3.8) is 0 Å². The Bertz CT molecular complexity index is 1080. The molecular weight excluding hydrogens is 424 g/mol. The summed E-state index contributed by atoms with van der Waals surface area (Å²) in [7, 11) is -3.84. The summed E-state index contributed by atoms with van der Waals surface area (Å²) in [6.07, 6.45) is 2.16. The van der Waals surface area contributed by atoms with Crippen molar-refractivity contribution >= 4 is 21.4 Å². The molecule has 2 aliphatic rings. The lowest BCUT2D eigenvalue weighted by atomic mass is 10.1. The highest BCUT2D eigenvalue weighted by atomic mass is 32.2. The smallest absolute Gasteiger partial charge is 0.246 e. The lowest BCUT2D eigenvalue weighted by molar-refractivity contribution is -0.118. The minimum absolute atomic E-state index is 0.274. The predicted octanol–water partition coefficient (Wildman–Crippen LogP) is 3.86. The van der Waals surface area contributed by atoms with Gasteiger partial charge in [-0.1, -0.05) is 37.1 Å². The monoisotopic (exact) mass is 456 g/mol. The van der Waals surface area contributed by atoms with Gasteiger partial charge in [0, 0.05) is 25.3 Å². The van der Waals surface area contributed by atoms with Crippen LogP contribution in [-0.2, 0) is 25.9 Å². The maximum Gasteiger partial charge on any atom is 0.246 e. The van der Waals surface area contributed by atoms with Gasteiger partial charge in [-0.15, -0.1) is 0 Å². The molecule has 1 aliphatic carbocycles. The molecule has 1 saturated carbocycles. The van der Waals surface area contributed by atoms with Crippen molar-refractivity contribution in [2.24, 2.45) is 0 Å². The third-order valence-electron chi connectivity index (χ3n) is 6.67. The van der Waals surface area contributed by atoms with E-state index in [2.05, 4.69) is 10.2 Å². The number of sulfone groups is 1. The van der Waals surface area contributed by atoms with Crippen LogP contribution in [0.25, 0.3) is 0 Å². The lowest BCUT2D eigenvalue weighted by Crippen LogP contribution is -2.47. The normalized spacial score (nSPS) is 19.1. The van der Waals surface area contributed by atoms with E-state index in [1.54, 1.807) is 13.0 Å². The number of rotatable bonds is 6. The van der Waals surface area contributed by atoms with Crippen LogP contribution in [0.4, 0.5) is 5.69 Å². The van der Waals surface area contributed by atoms with Crippen molar-refractivity contribution in [3.8, 4) is 0 Å². The lowest BCUT2D eigenvalue weighted by Gasteiger charge is -2.29. The molecular formula is C25H32N2O4S. The van der Waals surface area contributed by atoms with Crippen LogP contribution >= 0.6 is 0 Å². The maximum absolute atomic E-state index is 13.8. The zero-order chi connectivity index (χ0) is 22.8. The second-order valence-corrected chi connectivity index (χ2v) is 11.2. The highest BCUT2D eigenvalue weighted by molar-refractivity contribution is 7.93. The van der Waals surface area contributed by atoms with Gasteiger partial charge in [0.25, 0.3) is 0 Å². The van der Waals surface area contributed by atoms with E-state index in [9.17, 15) is 13.2 Å². The number of morpholine rings is 1. The van der Waals surface area contributed by atoms with Gasteiger partial charge >= 0.3 is 0 Å². The molecule has 1 aliphatic heterocycles. The van der Waals surface area contributed by atoms with E-state index >= 15 is 0 Å². The second-order valence-electron chi connectivity index (χ2n) is 9.02. The Hall–Kier alpha value is -2.22. The Morgan fingerprint density at radius 3 is 2.50 bits per heavy atom. The van der Waals surface area contributed by atoms with E-state index < -0.39 is 20.5 Å². The van der Waals surface area contributed by atoms with Crippen molar-refractivity contribution in [1.82, 2.24) is 4.90 Å². The number of ether oxygens (including phenoxy) is 1. The first-order valence-corrected chi connectivity index (χ1v) is 12.8. The molecule has 1 amide bonds. The first kappa shape index (κ1) is 23.0. The number of benzene rings is 2. The van der Waals surface area contributed by atoms with Gasteiger partial charge in [-0.3, -0.25) is 9.69 Å². The minimum Gasteiger partial charge on any atom is -0.379 e. The third kappa shape index (κ3) is 4.47. The van der Waals surface area contributed by atoms with Gasteiger partial charge in [0.15, 0.2) is 14.6 Å². The molecule has 0 atom stereocenters. The van der Waals surface area contributed by atoms with Gasteiger partial charge in [-0.25, -0.2) is 8.42 Å². The zero-order valence-electron chi connectivity index (χ0n) is 18.9. The highest BCUT2D eigenvalue weighted by Crippen LogP contribution is 2.42. The SMILES string of the molecule is Cc1ccc(C)c(S(=O)(=O)C2(C(=O)Nc3cccc(CN4CCOCC4)c3)CCCC2)c1. The molecule has 4 rings (SSSR count). The Morgan fingerprint density at radius 1 is 1.06 bits per heavy atom. The number of nitrogens with one attached hydrogen (secondary N) is 1. The molecule has 32 heavy (non-hydrogen) atoms. The van der Waals surface area contributed by atoms with Gasteiger partial charge in [0.05, 0.1) is 18.1 Å². The molecule has 0 spiro atoms. The number of hydrogen-bond acceptors (Lipinski definition) is 5. The third-order valence-corrected chi connectivity index (χ3v) is 9.31. The van der Waals surface area contributed by atoms with Crippen molar-refractivity contribution in [1.29, 1.82) is 0 Å². The van der Waals surface area contributed by atoms with E-state index in [-0.39, 0.29) is 4.90 Å². The quantitative estimate of drug-likeness (QED) is 0.714. The van der Waals surface area contributed by atoms with E-state index in [0.717, 1.165) is 56.8 Å². The molecule has 1 saturated heterocycles. The summed E-state index contributed by atoms with van der Waals surface area (Å²) >= 11 is 0. The topological polar surface area (TPSA) is 75.7 Å². The summed E-state index contributed by atoms with van der Waals surface area (Å²) in [6.45, 7) is 7.67. The van der Waals surface area contributed by atoms with Crippen LogP contribution in [0.2, 0.25) is 0 Å². The summed E-state index contributed by atoms with van der Waals surface area (Å²) in [5.41, 5.74) is 3.28. The van der Waals surface area contributed by atoms with Gasteiger partial charge in [0.1, 0.15) is 0 Å². The van der Waals surface area contributed by atoms with E-state index in [1.165, 1.54) is 0 Å². The summed E-state index contributed by atoms with van der Waals surface area (Å²) in [4.78, 5) is 16.1. The van der Waals surface area contributed by atoms with Crippen molar-refractivity contribution < 1.29 is 17.9 Å². The fraction of sp³-hybridized carbons (Fsp3) is 0.480. The number of carbonyl (C=O) groups excluding carboxylic acids is 1. The van der Waals surface area contributed by atoms with Crippen LogP contribution in [0.3, 0.4) is 0 Å². The Labute approximate surface area is 190 Å². The molecule has 0 bridgehead atoms. The fourth-order valence-corrected chi connectivity index (χ4v) is 7.16. The summed E-state index contributed by atoms with van der Waals surface area (Å²) in [6, 6.07) is 13.1. The summed E-state index contributed by atoms with van der Waals surface area (Å²) in [5, 5.41) is 2.95. The molecule has 6 nitrogen and oxygen atoms in total. The number of nitrogens with zero attached hydrogens (tertiary/aromatic N) is 1. The van der Waals surface area contributed by atoms with Gasteiger partial charge < -0.3 is 10.1 Å². The standard InChI is InChI=1S/C25H32N2O4S/c1-19-8-9-20(2)23(16-19)32(29,30)25(10-3-4-11-25)24(28)26-22-7-5-6-21(17-22)18-27-12-14-31-15-13-27/h5-9,16-17H,3-4,10-15,18H2,1-2H3,(H,26,28). The van der Waals surface area contributed by atoms with E-state index in [1.807, 2.05) is 43.3 Å². The maximum atomic E-state index is 13.8.